The van der Waals surface area contributed by atoms with Gasteiger partial charge in [0.05, 0.1) is 19.3 Å². The molecule has 152 valence electrons. The number of aliphatic hydroxyl groups excluding tert-OH is 2. The largest absolute Gasteiger partial charge is 0.469 e. The first kappa shape index (κ1) is 25.1. The maximum atomic E-state index is 10.9. The highest BCUT2D eigenvalue weighted by molar-refractivity contribution is 5.69. The smallest absolute Gasteiger partial charge is 0.305 e. The number of methoxy groups -OCH3 is 1. The van der Waals surface area contributed by atoms with E-state index < -0.39 is 6.10 Å². The molecule has 0 rings (SSSR count). The van der Waals surface area contributed by atoms with Crippen LogP contribution in [-0.4, -0.2) is 35.5 Å². The van der Waals surface area contributed by atoms with E-state index in [2.05, 4.69) is 11.7 Å². The molecule has 0 saturated carbocycles. The van der Waals surface area contributed by atoms with E-state index >= 15 is 0 Å². The zero-order valence-electron chi connectivity index (χ0n) is 16.8. The molecular formula is C23H36O4. The van der Waals surface area contributed by atoms with Crippen molar-refractivity contribution in [2.45, 2.75) is 70.5 Å². The fraction of sp³-hybridized carbons (Fsp3) is 0.522. The molecule has 0 aliphatic rings. The lowest BCUT2D eigenvalue weighted by Crippen LogP contribution is -2.00. The number of aliphatic hydroxyl groups is 2. The molecule has 4 nitrogen and oxygen atoms in total. The van der Waals surface area contributed by atoms with Crippen molar-refractivity contribution >= 4 is 5.97 Å². The molecule has 0 saturated heterocycles. The van der Waals surface area contributed by atoms with Gasteiger partial charge in [-0.05, 0) is 25.7 Å². The molecule has 0 aromatic carbocycles. The second-order valence-electron chi connectivity index (χ2n) is 6.31. The Kier molecular flexibility index (Phi) is 17.5. The summed E-state index contributed by atoms with van der Waals surface area (Å²) in [6.07, 6.45) is 24.4. The Bertz CT molecular complexity index is 501. The second kappa shape index (κ2) is 18.9. The van der Waals surface area contributed by atoms with E-state index in [1.165, 1.54) is 7.11 Å². The molecule has 0 fully saturated rings. The minimum absolute atomic E-state index is 0.196. The van der Waals surface area contributed by atoms with Crippen LogP contribution in [0.5, 0.6) is 0 Å². The van der Waals surface area contributed by atoms with Gasteiger partial charge in [0.1, 0.15) is 0 Å². The zero-order chi connectivity index (χ0) is 20.2. The highest BCUT2D eigenvalue weighted by Gasteiger charge is 1.97. The first-order valence-corrected chi connectivity index (χ1v) is 9.84. The molecule has 0 heterocycles. The molecule has 0 aromatic heterocycles. The predicted molar refractivity (Wildman–Crippen MR) is 112 cm³/mol. The van der Waals surface area contributed by atoms with Crippen molar-refractivity contribution in [2.24, 2.45) is 0 Å². The van der Waals surface area contributed by atoms with Gasteiger partial charge in [0, 0.05) is 6.42 Å². The number of carbonyl (C=O) groups excluding carboxylic acids is 1. The third kappa shape index (κ3) is 18.7. The van der Waals surface area contributed by atoms with Crippen LogP contribution in [0.25, 0.3) is 0 Å². The number of hydrogen-bond acceptors (Lipinski definition) is 4. The summed E-state index contributed by atoms with van der Waals surface area (Å²) < 4.78 is 4.56. The molecule has 0 spiro atoms. The van der Waals surface area contributed by atoms with Gasteiger partial charge < -0.3 is 14.9 Å². The summed E-state index contributed by atoms with van der Waals surface area (Å²) in [5.74, 6) is -0.196. The van der Waals surface area contributed by atoms with E-state index in [1.54, 1.807) is 18.2 Å². The molecule has 2 atom stereocenters. The normalized spacial score (nSPS) is 15.0. The topological polar surface area (TPSA) is 66.8 Å². The van der Waals surface area contributed by atoms with Crippen LogP contribution in [0.3, 0.4) is 0 Å². The number of unbranched alkanes of at least 4 members (excludes halogenated alkanes) is 2. The van der Waals surface area contributed by atoms with E-state index in [-0.39, 0.29) is 12.1 Å². The number of ether oxygens (including phenoxy) is 1. The van der Waals surface area contributed by atoms with E-state index in [0.717, 1.165) is 32.1 Å². The Morgan fingerprint density at radius 2 is 1.59 bits per heavy atom. The number of rotatable bonds is 15. The minimum atomic E-state index is -0.516. The van der Waals surface area contributed by atoms with E-state index in [0.29, 0.717) is 19.3 Å². The number of allylic oxidation sites excluding steroid dienone is 7. The maximum absolute atomic E-state index is 10.9. The zero-order valence-corrected chi connectivity index (χ0v) is 16.8. The van der Waals surface area contributed by atoms with Crippen molar-refractivity contribution in [1.29, 1.82) is 0 Å². The van der Waals surface area contributed by atoms with Gasteiger partial charge in [0.15, 0.2) is 0 Å². The van der Waals surface area contributed by atoms with E-state index in [1.807, 2.05) is 42.5 Å². The van der Waals surface area contributed by atoms with Crippen molar-refractivity contribution < 1.29 is 19.7 Å². The summed E-state index contributed by atoms with van der Waals surface area (Å²) in [7, 11) is 1.39. The van der Waals surface area contributed by atoms with Gasteiger partial charge in [-0.2, -0.15) is 0 Å². The van der Waals surface area contributed by atoms with Crippen molar-refractivity contribution in [2.75, 3.05) is 7.11 Å². The first-order chi connectivity index (χ1) is 13.1. The van der Waals surface area contributed by atoms with Crippen molar-refractivity contribution in [3.63, 3.8) is 0 Å². The third-order valence-electron chi connectivity index (χ3n) is 3.83. The molecule has 0 unspecified atom stereocenters. The molecule has 0 radical (unpaired) electrons. The molecule has 0 bridgehead atoms. The lowest BCUT2D eigenvalue weighted by molar-refractivity contribution is -0.140. The van der Waals surface area contributed by atoms with Crippen LogP contribution >= 0.6 is 0 Å². The Hall–Kier alpha value is -1.91. The number of hydrogen-bond donors (Lipinski definition) is 2. The lowest BCUT2D eigenvalue weighted by atomic mass is 10.1. The molecule has 27 heavy (non-hydrogen) atoms. The highest BCUT2D eigenvalue weighted by Crippen LogP contribution is 2.04. The fourth-order valence-corrected chi connectivity index (χ4v) is 2.22. The number of esters is 1. The van der Waals surface area contributed by atoms with Crippen LogP contribution < -0.4 is 0 Å². The molecule has 0 amide bonds. The maximum Gasteiger partial charge on any atom is 0.305 e. The Labute approximate surface area is 164 Å². The van der Waals surface area contributed by atoms with Gasteiger partial charge in [-0.15, -0.1) is 0 Å². The summed E-state index contributed by atoms with van der Waals surface area (Å²) >= 11 is 0. The van der Waals surface area contributed by atoms with Gasteiger partial charge in [-0.1, -0.05) is 86.9 Å². The van der Waals surface area contributed by atoms with Crippen LogP contribution in [0.1, 0.15) is 58.3 Å². The summed E-state index contributed by atoms with van der Waals surface area (Å²) in [5.41, 5.74) is 0. The van der Waals surface area contributed by atoms with Crippen LogP contribution in [0.2, 0.25) is 0 Å². The molecule has 2 N–H and O–H groups in total. The molecular weight excluding hydrogens is 340 g/mol. The monoisotopic (exact) mass is 376 g/mol. The average Bonchev–Trinajstić information content (AvgIpc) is 2.66. The van der Waals surface area contributed by atoms with Crippen LogP contribution in [0, 0.1) is 0 Å². The summed E-state index contributed by atoms with van der Waals surface area (Å²) in [4.78, 5) is 10.9. The van der Waals surface area contributed by atoms with Crippen molar-refractivity contribution in [3.05, 3.63) is 60.8 Å². The molecule has 0 aliphatic heterocycles. The SMILES string of the molecule is CCCCC[C@@H](O)\C=C/C=C/C=C/[C@@H](O)C/C=C\C/C=C\CCC(=O)OC. The second-order valence-corrected chi connectivity index (χ2v) is 6.31. The summed E-state index contributed by atoms with van der Waals surface area (Å²) in [5, 5.41) is 19.6. The fourth-order valence-electron chi connectivity index (χ4n) is 2.22. The van der Waals surface area contributed by atoms with Crippen LogP contribution in [0.4, 0.5) is 0 Å². The third-order valence-corrected chi connectivity index (χ3v) is 3.83. The van der Waals surface area contributed by atoms with Crippen molar-refractivity contribution in [3.8, 4) is 0 Å². The van der Waals surface area contributed by atoms with E-state index in [9.17, 15) is 15.0 Å². The highest BCUT2D eigenvalue weighted by atomic mass is 16.5. The lowest BCUT2D eigenvalue weighted by Gasteiger charge is -2.02. The van der Waals surface area contributed by atoms with Crippen LogP contribution in [-0.2, 0) is 9.53 Å². The van der Waals surface area contributed by atoms with Gasteiger partial charge in [-0.3, -0.25) is 4.79 Å². The molecule has 0 aromatic rings. The van der Waals surface area contributed by atoms with Gasteiger partial charge in [0.2, 0.25) is 0 Å². The van der Waals surface area contributed by atoms with Gasteiger partial charge >= 0.3 is 5.97 Å². The Morgan fingerprint density at radius 3 is 2.26 bits per heavy atom. The summed E-state index contributed by atoms with van der Waals surface area (Å²) in [6.45, 7) is 2.15. The Balaban J connectivity index is 3.83. The standard InChI is InChI=1S/C23H36O4/c1-3-4-11-16-21(24)18-13-9-10-14-19-22(25)17-12-7-5-6-8-15-20-23(26)27-2/h6-10,12-14,18-19,21-22,24-25H,3-5,11,15-17,20H2,1-2H3/b8-6-,10-9+,12-7-,18-13-,19-14+/t21-,22+/m1/s1. The molecule has 4 heteroatoms. The average molecular weight is 377 g/mol. The molecule has 0 aliphatic carbocycles. The first-order valence-electron chi connectivity index (χ1n) is 9.84. The van der Waals surface area contributed by atoms with E-state index in [4.69, 9.17) is 0 Å². The van der Waals surface area contributed by atoms with Crippen molar-refractivity contribution in [1.82, 2.24) is 0 Å². The summed E-state index contributed by atoms with van der Waals surface area (Å²) in [6, 6.07) is 0. The number of carbonyl (C=O) groups is 1. The quantitative estimate of drug-likeness (QED) is 0.186. The predicted octanol–water partition coefficient (Wildman–Crippen LogP) is 4.80. The van der Waals surface area contributed by atoms with Gasteiger partial charge in [0.25, 0.3) is 0 Å². The Morgan fingerprint density at radius 1 is 0.926 bits per heavy atom. The van der Waals surface area contributed by atoms with Crippen LogP contribution in [0.15, 0.2) is 60.8 Å². The minimum Gasteiger partial charge on any atom is -0.469 e. The van der Waals surface area contributed by atoms with Gasteiger partial charge in [-0.25, -0.2) is 0 Å².